The molecule has 1 amide bonds. The highest BCUT2D eigenvalue weighted by Gasteiger charge is 2.25. The molecule has 1 saturated heterocycles. The molecule has 6 nitrogen and oxygen atoms in total. The maximum atomic E-state index is 13.2. The van der Waals surface area contributed by atoms with Gasteiger partial charge in [-0.25, -0.2) is 4.98 Å². The number of nitrogens with zero attached hydrogens (tertiary/aromatic N) is 4. The summed E-state index contributed by atoms with van der Waals surface area (Å²) in [6.45, 7) is 4.86. The minimum Gasteiger partial charge on any atom is -0.335 e. The molecule has 166 valence electrons. The number of hydrogen-bond acceptors (Lipinski definition) is 5. The Morgan fingerprint density at radius 1 is 0.909 bits per heavy atom. The van der Waals surface area contributed by atoms with Crippen molar-refractivity contribution in [3.05, 3.63) is 94.8 Å². The van der Waals surface area contributed by atoms with Crippen LogP contribution in [-0.4, -0.2) is 64.9 Å². The van der Waals surface area contributed by atoms with Crippen molar-refractivity contribution >= 4 is 23.1 Å². The first-order chi connectivity index (χ1) is 16.1. The van der Waals surface area contributed by atoms with Crippen molar-refractivity contribution in [1.29, 1.82) is 0 Å². The van der Waals surface area contributed by atoms with Crippen LogP contribution in [0.4, 0.5) is 5.69 Å². The van der Waals surface area contributed by atoms with Crippen molar-refractivity contribution < 1.29 is 9.59 Å². The summed E-state index contributed by atoms with van der Waals surface area (Å²) in [5.74, 6) is 0.0452. The van der Waals surface area contributed by atoms with Gasteiger partial charge >= 0.3 is 0 Å². The summed E-state index contributed by atoms with van der Waals surface area (Å²) in [5.41, 5.74) is 6.01. The molecule has 3 aromatic rings. The first-order valence-electron chi connectivity index (χ1n) is 11.3. The third-order valence-corrected chi connectivity index (χ3v) is 6.21. The van der Waals surface area contributed by atoms with Gasteiger partial charge in [0.25, 0.3) is 5.91 Å². The van der Waals surface area contributed by atoms with Gasteiger partial charge in [0.2, 0.25) is 0 Å². The normalized spacial score (nSPS) is 15.8. The fourth-order valence-corrected chi connectivity index (χ4v) is 4.40. The second-order valence-electron chi connectivity index (χ2n) is 8.64. The molecule has 0 aliphatic carbocycles. The Balaban J connectivity index is 1.24. The van der Waals surface area contributed by atoms with Gasteiger partial charge < -0.3 is 4.90 Å². The highest BCUT2D eigenvalue weighted by atomic mass is 16.2. The predicted molar refractivity (Wildman–Crippen MR) is 128 cm³/mol. The van der Waals surface area contributed by atoms with E-state index < -0.39 is 0 Å². The number of hydrogen-bond donors (Lipinski definition) is 0. The number of aryl methyl sites for hydroxylation is 1. The van der Waals surface area contributed by atoms with E-state index in [1.165, 1.54) is 5.56 Å². The Morgan fingerprint density at radius 3 is 2.39 bits per heavy atom. The molecule has 0 bridgehead atoms. The van der Waals surface area contributed by atoms with Crippen molar-refractivity contribution in [3.63, 3.8) is 0 Å². The number of aliphatic imine (C=N–C) groups is 1. The summed E-state index contributed by atoms with van der Waals surface area (Å²) in [6, 6.07) is 21.3. The zero-order valence-corrected chi connectivity index (χ0v) is 18.7. The van der Waals surface area contributed by atoms with Crippen molar-refractivity contribution in [2.75, 3.05) is 32.7 Å². The minimum absolute atomic E-state index is 0.0647. The lowest BCUT2D eigenvalue weighted by atomic mass is 10.1. The number of piperazine rings is 1. The van der Waals surface area contributed by atoms with E-state index >= 15 is 0 Å². The molecule has 0 spiro atoms. The van der Waals surface area contributed by atoms with Gasteiger partial charge in [-0.1, -0.05) is 48.5 Å². The minimum atomic E-state index is -0.0647. The molecule has 6 heteroatoms. The number of Topliss-reactive ketones (excluding diaryl/α,β-unsaturated/α-hetero) is 1. The molecule has 3 heterocycles. The summed E-state index contributed by atoms with van der Waals surface area (Å²) < 4.78 is 0. The Kier molecular flexibility index (Phi) is 5.84. The van der Waals surface area contributed by atoms with E-state index in [0.717, 1.165) is 34.6 Å². The topological polar surface area (TPSA) is 65.9 Å². The fraction of sp³-hybridized carbons (Fsp3) is 0.259. The van der Waals surface area contributed by atoms with Crippen molar-refractivity contribution in [1.82, 2.24) is 14.8 Å². The van der Waals surface area contributed by atoms with E-state index in [-0.39, 0.29) is 11.7 Å². The number of ketones is 1. The number of carbonyl (C=O) groups excluding carboxylic acids is 2. The van der Waals surface area contributed by atoms with Crippen LogP contribution in [0.1, 0.15) is 37.7 Å². The smallest absolute Gasteiger partial charge is 0.272 e. The molecule has 33 heavy (non-hydrogen) atoms. The molecule has 2 aliphatic rings. The van der Waals surface area contributed by atoms with E-state index in [2.05, 4.69) is 11.0 Å². The molecule has 0 N–H and O–H groups in total. The van der Waals surface area contributed by atoms with Crippen LogP contribution in [-0.2, 0) is 6.42 Å². The monoisotopic (exact) mass is 438 g/mol. The zero-order valence-electron chi connectivity index (χ0n) is 18.7. The van der Waals surface area contributed by atoms with Gasteiger partial charge in [0.1, 0.15) is 5.69 Å². The first kappa shape index (κ1) is 21.2. The number of rotatable bonds is 5. The molecule has 0 atom stereocenters. The van der Waals surface area contributed by atoms with Crippen LogP contribution in [0.15, 0.2) is 71.7 Å². The van der Waals surface area contributed by atoms with Crippen LogP contribution in [0.25, 0.3) is 0 Å². The number of carbonyl (C=O) groups is 2. The lowest BCUT2D eigenvalue weighted by molar-refractivity contribution is 0.0619. The number of fused-ring (bicyclic) bond motifs is 1. The molecular weight excluding hydrogens is 412 g/mol. The molecule has 1 fully saturated rings. The molecule has 0 saturated carbocycles. The van der Waals surface area contributed by atoms with Gasteiger partial charge in [-0.15, -0.1) is 0 Å². The Morgan fingerprint density at radius 2 is 1.64 bits per heavy atom. The zero-order chi connectivity index (χ0) is 22.8. The fourth-order valence-electron chi connectivity index (χ4n) is 4.40. The molecule has 5 rings (SSSR count). The van der Waals surface area contributed by atoms with Crippen molar-refractivity contribution in [2.45, 2.75) is 13.3 Å². The van der Waals surface area contributed by atoms with Crippen molar-refractivity contribution in [2.24, 2.45) is 4.99 Å². The lowest BCUT2D eigenvalue weighted by Crippen LogP contribution is -2.50. The van der Waals surface area contributed by atoms with Crippen molar-refractivity contribution in [3.8, 4) is 0 Å². The average molecular weight is 439 g/mol. The molecule has 0 unspecified atom stereocenters. The summed E-state index contributed by atoms with van der Waals surface area (Å²) >= 11 is 0. The third kappa shape index (κ3) is 4.61. The number of para-hydroxylation sites is 1. The SMILES string of the molecule is Cc1cc(C(=O)N2CCN(CC(=O)c3ccccc3)CC2)nc(C2=Nc3ccccc3C2)c1. The van der Waals surface area contributed by atoms with Gasteiger partial charge in [-0.2, -0.15) is 0 Å². The standard InChI is InChI=1S/C27H26N4O2/c1-19-15-23(24-17-21-9-5-6-10-22(21)28-24)29-25(16-19)27(33)31-13-11-30(12-14-31)18-26(32)20-7-3-2-4-8-20/h2-10,15-16H,11-14,17-18H2,1H3. The van der Waals surface area contributed by atoms with Crippen LogP contribution < -0.4 is 0 Å². The largest absolute Gasteiger partial charge is 0.335 e. The molecule has 1 aromatic heterocycles. The summed E-state index contributed by atoms with van der Waals surface area (Å²) in [5, 5.41) is 0. The highest BCUT2D eigenvalue weighted by Crippen LogP contribution is 2.28. The van der Waals surface area contributed by atoms with Gasteiger partial charge in [-0.05, 0) is 36.2 Å². The lowest BCUT2D eigenvalue weighted by Gasteiger charge is -2.34. The van der Waals surface area contributed by atoms with Gasteiger partial charge in [0.05, 0.1) is 23.6 Å². The molecule has 2 aromatic carbocycles. The van der Waals surface area contributed by atoms with Crippen LogP contribution in [0, 0.1) is 6.92 Å². The van der Waals surface area contributed by atoms with Gasteiger partial charge in [0, 0.05) is 38.2 Å². The first-order valence-corrected chi connectivity index (χ1v) is 11.3. The quantitative estimate of drug-likeness (QED) is 0.570. The summed E-state index contributed by atoms with van der Waals surface area (Å²) in [4.78, 5) is 39.1. The third-order valence-electron chi connectivity index (χ3n) is 6.21. The van der Waals surface area contributed by atoms with Gasteiger partial charge in [-0.3, -0.25) is 19.5 Å². The molecule has 2 aliphatic heterocycles. The number of aromatic nitrogens is 1. The van der Waals surface area contributed by atoms with Crippen LogP contribution >= 0.6 is 0 Å². The second-order valence-corrected chi connectivity index (χ2v) is 8.64. The average Bonchev–Trinajstić information content (AvgIpc) is 3.29. The Labute approximate surface area is 193 Å². The number of benzene rings is 2. The van der Waals surface area contributed by atoms with E-state index in [9.17, 15) is 9.59 Å². The van der Waals surface area contributed by atoms with Crippen LogP contribution in [0.5, 0.6) is 0 Å². The predicted octanol–water partition coefficient (Wildman–Crippen LogP) is 3.71. The van der Waals surface area contributed by atoms with E-state index in [4.69, 9.17) is 9.98 Å². The molecular formula is C27H26N4O2. The van der Waals surface area contributed by atoms with Crippen LogP contribution in [0.3, 0.4) is 0 Å². The van der Waals surface area contributed by atoms with E-state index in [1.807, 2.05) is 72.5 Å². The van der Waals surface area contributed by atoms with E-state index in [0.29, 0.717) is 38.4 Å². The second kappa shape index (κ2) is 9.08. The number of pyridine rings is 1. The van der Waals surface area contributed by atoms with Gasteiger partial charge in [0.15, 0.2) is 5.78 Å². The number of amides is 1. The Bertz CT molecular complexity index is 1230. The highest BCUT2D eigenvalue weighted by molar-refractivity contribution is 6.06. The summed E-state index contributed by atoms with van der Waals surface area (Å²) in [6.07, 6.45) is 0.731. The summed E-state index contributed by atoms with van der Waals surface area (Å²) in [7, 11) is 0. The molecule has 0 radical (unpaired) electrons. The Hall–Kier alpha value is -3.64. The van der Waals surface area contributed by atoms with E-state index in [1.54, 1.807) is 0 Å². The maximum Gasteiger partial charge on any atom is 0.272 e. The maximum absolute atomic E-state index is 13.2. The van der Waals surface area contributed by atoms with Crippen LogP contribution in [0.2, 0.25) is 0 Å².